The molecule has 1 heterocycles. The predicted molar refractivity (Wildman–Crippen MR) is 74.6 cm³/mol. The van der Waals surface area contributed by atoms with Crippen LogP contribution >= 0.6 is 0 Å². The van der Waals surface area contributed by atoms with Gasteiger partial charge in [-0.25, -0.2) is 9.18 Å². The highest BCUT2D eigenvalue weighted by Crippen LogP contribution is 2.08. The average Bonchev–Trinajstić information content (AvgIpc) is 2.47. The van der Waals surface area contributed by atoms with Crippen LogP contribution in [0.3, 0.4) is 0 Å². The summed E-state index contributed by atoms with van der Waals surface area (Å²) in [6.07, 6.45) is 0.582. The Morgan fingerprint density at radius 2 is 1.85 bits per heavy atom. The summed E-state index contributed by atoms with van der Waals surface area (Å²) in [6, 6.07) is 5.96. The topological polar surface area (TPSA) is 32.8 Å². The van der Waals surface area contributed by atoms with Crippen molar-refractivity contribution in [2.24, 2.45) is 0 Å². The average molecular weight is 279 g/mol. The molecule has 0 N–H and O–H groups in total. The van der Waals surface area contributed by atoms with Crippen molar-refractivity contribution in [1.82, 2.24) is 9.80 Å². The van der Waals surface area contributed by atoms with E-state index in [1.54, 1.807) is 17.0 Å². The third-order valence-corrected chi connectivity index (χ3v) is 3.38. The molecule has 0 saturated carbocycles. The number of carbonyl (C=O) groups excluding carboxylic acids is 1. The van der Waals surface area contributed by atoms with Gasteiger partial charge in [-0.3, -0.25) is 4.90 Å². The summed E-state index contributed by atoms with van der Waals surface area (Å²) in [5, 5.41) is 0. The van der Waals surface area contributed by atoms with Gasteiger partial charge >= 0.3 is 6.09 Å². The van der Waals surface area contributed by atoms with Gasteiger partial charge in [-0.05, 0) is 30.7 Å². The van der Waals surface area contributed by atoms with Crippen molar-refractivity contribution >= 4 is 6.09 Å². The molecule has 0 atom stereocenters. The molecular weight excluding hydrogens is 259 g/mol. The third kappa shape index (κ3) is 4.20. The van der Waals surface area contributed by atoms with Gasteiger partial charge in [-0.2, -0.15) is 0 Å². The molecule has 4 nitrogen and oxygen atoms in total. The first kappa shape index (κ1) is 14.8. The Kier molecular flexibility index (Phi) is 5.35. The second kappa shape index (κ2) is 7.24. The molecule has 0 aromatic heterocycles. The van der Waals surface area contributed by atoms with Crippen LogP contribution in [-0.4, -0.2) is 48.6 Å². The van der Waals surface area contributed by atoms with Crippen LogP contribution in [-0.2, 0) is 11.3 Å². The minimum atomic E-state index is -0.302. The van der Waals surface area contributed by atoms with Crippen molar-refractivity contribution in [3.63, 3.8) is 0 Å². The van der Waals surface area contributed by atoms with Gasteiger partial charge in [-0.1, -0.05) is 19.1 Å². The monoisotopic (exact) mass is 279 g/mol. The number of ether oxygens (including phenoxy) is 1. The maximum Gasteiger partial charge on any atom is 0.410 e. The van der Waals surface area contributed by atoms with E-state index >= 15 is 0 Å². The van der Waals surface area contributed by atoms with E-state index in [0.717, 1.165) is 31.6 Å². The maximum absolute atomic E-state index is 12.8. The highest BCUT2D eigenvalue weighted by molar-refractivity contribution is 5.67. The molecule has 0 bridgehead atoms. The van der Waals surface area contributed by atoms with Gasteiger partial charge in [-0.15, -0.1) is 0 Å². The Labute approximate surface area is 119 Å². The number of rotatable bonds is 4. The molecule has 1 amide bonds. The predicted octanol–water partition coefficient (Wildman–Crippen LogP) is 2.30. The lowest BCUT2D eigenvalue weighted by Crippen LogP contribution is -2.48. The summed E-state index contributed by atoms with van der Waals surface area (Å²) in [4.78, 5) is 15.9. The summed E-state index contributed by atoms with van der Waals surface area (Å²) in [6.45, 7) is 8.07. The van der Waals surface area contributed by atoms with Gasteiger partial charge in [0.25, 0.3) is 0 Å². The molecule has 2 rings (SSSR count). The molecule has 1 fully saturated rings. The minimum Gasteiger partial charge on any atom is -0.445 e. The van der Waals surface area contributed by atoms with Crippen LogP contribution in [0.2, 0.25) is 0 Å². The molecule has 1 saturated heterocycles. The molecule has 0 spiro atoms. The standard InChI is InChI=1S/C15H20FN2O2/c1-2-7-17-8-10-18(11-9-17)15(19)20-12-13-3-5-14(16)6-4-13/h3-6H,1-2,7-12H2. The van der Waals surface area contributed by atoms with E-state index in [2.05, 4.69) is 11.8 Å². The lowest BCUT2D eigenvalue weighted by Gasteiger charge is -2.33. The zero-order chi connectivity index (χ0) is 14.4. The van der Waals surface area contributed by atoms with Crippen molar-refractivity contribution in [2.75, 3.05) is 32.7 Å². The van der Waals surface area contributed by atoms with E-state index in [0.29, 0.717) is 13.1 Å². The number of hydrogen-bond acceptors (Lipinski definition) is 3. The van der Waals surface area contributed by atoms with Crippen LogP contribution < -0.4 is 0 Å². The minimum absolute atomic E-state index is 0.179. The Morgan fingerprint density at radius 3 is 2.45 bits per heavy atom. The number of piperazine rings is 1. The molecule has 0 unspecified atom stereocenters. The van der Waals surface area contributed by atoms with Gasteiger partial charge in [0.05, 0.1) is 0 Å². The van der Waals surface area contributed by atoms with Crippen LogP contribution in [0.4, 0.5) is 9.18 Å². The number of halogens is 1. The lowest BCUT2D eigenvalue weighted by atomic mass is 10.2. The normalized spacial score (nSPS) is 16.2. The first-order valence-corrected chi connectivity index (χ1v) is 6.87. The highest BCUT2D eigenvalue weighted by atomic mass is 19.1. The van der Waals surface area contributed by atoms with Gasteiger partial charge in [0, 0.05) is 26.2 Å². The smallest absolute Gasteiger partial charge is 0.410 e. The summed E-state index contributed by atoms with van der Waals surface area (Å²) in [7, 11) is 0. The Balaban J connectivity index is 1.74. The molecule has 109 valence electrons. The second-order valence-electron chi connectivity index (χ2n) is 4.86. The lowest BCUT2D eigenvalue weighted by molar-refractivity contribution is 0.0720. The zero-order valence-corrected chi connectivity index (χ0v) is 11.6. The van der Waals surface area contributed by atoms with Gasteiger partial charge in [0.2, 0.25) is 0 Å². The first-order chi connectivity index (χ1) is 9.69. The van der Waals surface area contributed by atoms with Crippen LogP contribution in [0.5, 0.6) is 0 Å². The van der Waals surface area contributed by atoms with Crippen molar-refractivity contribution in [1.29, 1.82) is 0 Å². The van der Waals surface area contributed by atoms with E-state index in [1.807, 2.05) is 0 Å². The first-order valence-electron chi connectivity index (χ1n) is 6.87. The quantitative estimate of drug-likeness (QED) is 0.848. The van der Waals surface area contributed by atoms with Crippen molar-refractivity contribution in [3.05, 3.63) is 42.6 Å². The van der Waals surface area contributed by atoms with E-state index < -0.39 is 0 Å². The van der Waals surface area contributed by atoms with Crippen LogP contribution in [0, 0.1) is 12.7 Å². The fraction of sp³-hybridized carbons (Fsp3) is 0.467. The molecule has 1 aromatic rings. The molecule has 1 aliphatic rings. The Hall–Kier alpha value is -1.62. The van der Waals surface area contributed by atoms with Crippen molar-refractivity contribution < 1.29 is 13.9 Å². The van der Waals surface area contributed by atoms with Crippen LogP contribution in [0.15, 0.2) is 24.3 Å². The fourth-order valence-corrected chi connectivity index (χ4v) is 2.19. The van der Waals surface area contributed by atoms with E-state index in [9.17, 15) is 9.18 Å². The Morgan fingerprint density at radius 1 is 1.20 bits per heavy atom. The molecule has 1 radical (unpaired) electrons. The van der Waals surface area contributed by atoms with E-state index in [1.165, 1.54) is 12.1 Å². The summed E-state index contributed by atoms with van der Waals surface area (Å²) >= 11 is 0. The largest absolute Gasteiger partial charge is 0.445 e. The highest BCUT2D eigenvalue weighted by Gasteiger charge is 2.21. The number of carbonyl (C=O) groups is 1. The number of benzene rings is 1. The van der Waals surface area contributed by atoms with Crippen LogP contribution in [0.25, 0.3) is 0 Å². The van der Waals surface area contributed by atoms with E-state index in [4.69, 9.17) is 4.74 Å². The van der Waals surface area contributed by atoms with Crippen LogP contribution in [0.1, 0.15) is 12.0 Å². The van der Waals surface area contributed by atoms with Gasteiger partial charge in [0.1, 0.15) is 12.4 Å². The summed E-state index contributed by atoms with van der Waals surface area (Å²) in [5.41, 5.74) is 0.787. The number of nitrogens with zero attached hydrogens (tertiary/aromatic N) is 2. The molecule has 20 heavy (non-hydrogen) atoms. The zero-order valence-electron chi connectivity index (χ0n) is 11.6. The number of hydrogen-bond donors (Lipinski definition) is 0. The molecule has 0 aliphatic carbocycles. The molecular formula is C15H20FN2O2. The van der Waals surface area contributed by atoms with Gasteiger partial charge < -0.3 is 9.64 Å². The fourth-order valence-electron chi connectivity index (χ4n) is 2.19. The third-order valence-electron chi connectivity index (χ3n) is 3.38. The second-order valence-corrected chi connectivity index (χ2v) is 4.86. The Bertz CT molecular complexity index is 428. The summed E-state index contributed by atoms with van der Waals surface area (Å²) in [5.74, 6) is -0.290. The van der Waals surface area contributed by atoms with E-state index in [-0.39, 0.29) is 18.5 Å². The molecule has 1 aromatic carbocycles. The molecule has 1 aliphatic heterocycles. The number of amides is 1. The van der Waals surface area contributed by atoms with Gasteiger partial charge in [0.15, 0.2) is 0 Å². The SMILES string of the molecule is [CH2]CCN1CCN(C(=O)OCc2ccc(F)cc2)CC1. The maximum atomic E-state index is 12.8. The van der Waals surface area contributed by atoms with Crippen molar-refractivity contribution in [2.45, 2.75) is 13.0 Å². The summed E-state index contributed by atoms with van der Waals surface area (Å²) < 4.78 is 18.0. The molecule has 5 heteroatoms. The van der Waals surface area contributed by atoms with Crippen molar-refractivity contribution in [3.8, 4) is 0 Å².